The summed E-state index contributed by atoms with van der Waals surface area (Å²) in [6, 6.07) is 22.8. The molecule has 5 heteroatoms. The summed E-state index contributed by atoms with van der Waals surface area (Å²) in [4.78, 5) is 16.5. The van der Waals surface area contributed by atoms with Crippen molar-refractivity contribution in [1.82, 2.24) is 0 Å². The molecule has 150 valence electrons. The molecule has 0 bridgehead atoms. The van der Waals surface area contributed by atoms with Gasteiger partial charge in [0.2, 0.25) is 5.90 Å². The first-order valence-electron chi connectivity index (χ1n) is 9.57. The normalized spacial score (nSPS) is 14.4. The van der Waals surface area contributed by atoms with E-state index in [1.54, 1.807) is 37.5 Å². The van der Waals surface area contributed by atoms with E-state index in [9.17, 15) is 4.79 Å². The highest BCUT2D eigenvalue weighted by molar-refractivity contribution is 6.12. The largest absolute Gasteiger partial charge is 0.497 e. The number of nitrogens with zero attached hydrogens (tertiary/aromatic N) is 1. The predicted molar refractivity (Wildman–Crippen MR) is 116 cm³/mol. The Balaban J connectivity index is 1.45. The van der Waals surface area contributed by atoms with Gasteiger partial charge in [-0.15, -0.1) is 0 Å². The van der Waals surface area contributed by atoms with Gasteiger partial charge in [-0.05, 0) is 66.1 Å². The average Bonchev–Trinajstić information content (AvgIpc) is 3.14. The van der Waals surface area contributed by atoms with E-state index in [1.807, 2.05) is 36.4 Å². The van der Waals surface area contributed by atoms with Gasteiger partial charge in [0, 0.05) is 5.56 Å². The van der Waals surface area contributed by atoms with Crippen LogP contribution < -0.4 is 9.47 Å². The Hall–Kier alpha value is -3.86. The second kappa shape index (κ2) is 8.66. The molecular weight excluding hydrogens is 378 g/mol. The number of aryl methyl sites for hydroxylation is 1. The van der Waals surface area contributed by atoms with Crippen molar-refractivity contribution >= 4 is 17.9 Å². The van der Waals surface area contributed by atoms with Gasteiger partial charge in [0.15, 0.2) is 5.70 Å². The summed E-state index contributed by atoms with van der Waals surface area (Å²) in [5.41, 5.74) is 4.16. The average molecular weight is 399 g/mol. The number of carbonyl (C=O) groups is 1. The molecule has 1 heterocycles. The standard InChI is InChI=1S/C25H21NO4/c1-17-5-3-4-6-20(17)16-29-22-11-7-18(8-12-22)15-23-25(27)30-24(26-23)19-9-13-21(28-2)14-10-19/h3-15H,16H2,1-2H3. The lowest BCUT2D eigenvalue weighted by Crippen LogP contribution is -2.05. The summed E-state index contributed by atoms with van der Waals surface area (Å²) in [6.07, 6.45) is 1.70. The van der Waals surface area contributed by atoms with Gasteiger partial charge in [-0.1, -0.05) is 36.4 Å². The Morgan fingerprint density at radius 3 is 2.33 bits per heavy atom. The predicted octanol–water partition coefficient (Wildman–Crippen LogP) is 4.93. The van der Waals surface area contributed by atoms with Gasteiger partial charge in [-0.25, -0.2) is 9.79 Å². The summed E-state index contributed by atoms with van der Waals surface area (Å²) < 4.78 is 16.3. The Morgan fingerprint density at radius 1 is 0.933 bits per heavy atom. The van der Waals surface area contributed by atoms with Gasteiger partial charge in [0.05, 0.1) is 7.11 Å². The fraction of sp³-hybridized carbons (Fsp3) is 0.120. The van der Waals surface area contributed by atoms with E-state index in [0.717, 1.165) is 22.6 Å². The zero-order valence-corrected chi connectivity index (χ0v) is 16.8. The number of aliphatic imine (C=N–C) groups is 1. The molecule has 1 aliphatic heterocycles. The van der Waals surface area contributed by atoms with Crippen molar-refractivity contribution < 1.29 is 19.0 Å². The molecule has 0 fully saturated rings. The van der Waals surface area contributed by atoms with Crippen LogP contribution in [0.25, 0.3) is 6.08 Å². The highest BCUT2D eigenvalue weighted by Crippen LogP contribution is 2.22. The number of hydrogen-bond donors (Lipinski definition) is 0. The minimum absolute atomic E-state index is 0.259. The summed E-state index contributed by atoms with van der Waals surface area (Å²) in [5.74, 6) is 1.30. The van der Waals surface area contributed by atoms with Crippen LogP contribution >= 0.6 is 0 Å². The first kappa shape index (κ1) is 19.5. The topological polar surface area (TPSA) is 57.1 Å². The number of rotatable bonds is 6. The molecule has 3 aromatic carbocycles. The lowest BCUT2D eigenvalue weighted by Gasteiger charge is -2.08. The summed E-state index contributed by atoms with van der Waals surface area (Å²) in [6.45, 7) is 2.57. The van der Waals surface area contributed by atoms with Crippen LogP contribution in [0.15, 0.2) is 83.5 Å². The van der Waals surface area contributed by atoms with Crippen LogP contribution in [0.2, 0.25) is 0 Å². The van der Waals surface area contributed by atoms with Gasteiger partial charge in [0.25, 0.3) is 0 Å². The van der Waals surface area contributed by atoms with Crippen LogP contribution in [-0.4, -0.2) is 19.0 Å². The van der Waals surface area contributed by atoms with Gasteiger partial charge >= 0.3 is 5.97 Å². The number of hydrogen-bond acceptors (Lipinski definition) is 5. The zero-order chi connectivity index (χ0) is 20.9. The second-order valence-electron chi connectivity index (χ2n) is 6.85. The molecule has 4 rings (SSSR count). The van der Waals surface area contributed by atoms with Gasteiger partial charge in [0.1, 0.15) is 18.1 Å². The Bertz CT molecular complexity index is 1110. The third-order valence-corrected chi connectivity index (χ3v) is 4.80. The molecule has 0 atom stereocenters. The maximum atomic E-state index is 12.2. The van der Waals surface area contributed by atoms with Crippen LogP contribution in [0, 0.1) is 6.92 Å². The molecule has 0 radical (unpaired) electrons. The Kier molecular flexibility index (Phi) is 5.61. The van der Waals surface area contributed by atoms with E-state index >= 15 is 0 Å². The van der Waals surface area contributed by atoms with Crippen LogP contribution in [0.4, 0.5) is 0 Å². The molecule has 0 unspecified atom stereocenters. The maximum Gasteiger partial charge on any atom is 0.363 e. The smallest absolute Gasteiger partial charge is 0.363 e. The Morgan fingerprint density at radius 2 is 1.63 bits per heavy atom. The van der Waals surface area contributed by atoms with E-state index in [4.69, 9.17) is 14.2 Å². The molecule has 0 amide bonds. The van der Waals surface area contributed by atoms with Crippen LogP contribution in [0.1, 0.15) is 22.3 Å². The summed E-state index contributed by atoms with van der Waals surface area (Å²) in [5, 5.41) is 0. The van der Waals surface area contributed by atoms with Crippen molar-refractivity contribution in [1.29, 1.82) is 0 Å². The van der Waals surface area contributed by atoms with Crippen molar-refractivity contribution in [3.05, 3.63) is 101 Å². The van der Waals surface area contributed by atoms with Gasteiger partial charge in [-0.2, -0.15) is 0 Å². The number of ether oxygens (including phenoxy) is 3. The molecular formula is C25H21NO4. The zero-order valence-electron chi connectivity index (χ0n) is 16.8. The molecule has 5 nitrogen and oxygen atoms in total. The second-order valence-corrected chi connectivity index (χ2v) is 6.85. The fourth-order valence-corrected chi connectivity index (χ4v) is 3.02. The molecule has 0 N–H and O–H groups in total. The fourth-order valence-electron chi connectivity index (χ4n) is 3.02. The minimum Gasteiger partial charge on any atom is -0.497 e. The molecule has 0 saturated carbocycles. The molecule has 1 aliphatic rings. The SMILES string of the molecule is COc1ccc(C2=NC(=Cc3ccc(OCc4ccccc4C)cc3)C(=O)O2)cc1. The minimum atomic E-state index is -0.472. The van der Waals surface area contributed by atoms with E-state index in [-0.39, 0.29) is 11.6 Å². The van der Waals surface area contributed by atoms with E-state index < -0.39 is 5.97 Å². The van der Waals surface area contributed by atoms with Crippen molar-refractivity contribution in [2.75, 3.05) is 7.11 Å². The van der Waals surface area contributed by atoms with Crippen molar-refractivity contribution in [2.24, 2.45) is 4.99 Å². The molecule has 3 aromatic rings. The quantitative estimate of drug-likeness (QED) is 0.436. The third kappa shape index (κ3) is 4.41. The first-order chi connectivity index (χ1) is 14.6. The summed E-state index contributed by atoms with van der Waals surface area (Å²) in [7, 11) is 1.60. The third-order valence-electron chi connectivity index (χ3n) is 4.80. The van der Waals surface area contributed by atoms with Crippen LogP contribution in [-0.2, 0) is 16.1 Å². The van der Waals surface area contributed by atoms with Crippen LogP contribution in [0.5, 0.6) is 11.5 Å². The van der Waals surface area contributed by atoms with Crippen LogP contribution in [0.3, 0.4) is 0 Å². The van der Waals surface area contributed by atoms with Crippen molar-refractivity contribution in [3.63, 3.8) is 0 Å². The highest BCUT2D eigenvalue weighted by atomic mass is 16.6. The molecule has 0 aromatic heterocycles. The van der Waals surface area contributed by atoms with E-state index in [2.05, 4.69) is 24.0 Å². The number of carbonyl (C=O) groups excluding carboxylic acids is 1. The first-order valence-corrected chi connectivity index (χ1v) is 9.57. The van der Waals surface area contributed by atoms with Gasteiger partial charge < -0.3 is 14.2 Å². The number of esters is 1. The highest BCUT2D eigenvalue weighted by Gasteiger charge is 2.24. The number of benzene rings is 3. The van der Waals surface area contributed by atoms with E-state index in [0.29, 0.717) is 12.2 Å². The number of methoxy groups -OCH3 is 1. The van der Waals surface area contributed by atoms with E-state index in [1.165, 1.54) is 5.56 Å². The maximum absolute atomic E-state index is 12.2. The Labute approximate surface area is 175 Å². The molecule has 0 spiro atoms. The summed E-state index contributed by atoms with van der Waals surface area (Å²) >= 11 is 0. The molecule has 30 heavy (non-hydrogen) atoms. The van der Waals surface area contributed by atoms with Crippen molar-refractivity contribution in [3.8, 4) is 11.5 Å². The number of cyclic esters (lactones) is 1. The lowest BCUT2D eigenvalue weighted by atomic mass is 10.1. The molecule has 0 aliphatic carbocycles. The van der Waals surface area contributed by atoms with Crippen molar-refractivity contribution in [2.45, 2.75) is 13.5 Å². The molecule has 0 saturated heterocycles. The lowest BCUT2D eigenvalue weighted by molar-refractivity contribution is -0.129. The van der Waals surface area contributed by atoms with Gasteiger partial charge in [-0.3, -0.25) is 0 Å². The monoisotopic (exact) mass is 399 g/mol.